The van der Waals surface area contributed by atoms with Gasteiger partial charge in [-0.25, -0.2) is 9.97 Å². The summed E-state index contributed by atoms with van der Waals surface area (Å²) >= 11 is 7.37. The van der Waals surface area contributed by atoms with Crippen molar-refractivity contribution in [2.45, 2.75) is 43.9 Å². The van der Waals surface area contributed by atoms with Crippen molar-refractivity contribution in [2.24, 2.45) is 5.92 Å². The first kappa shape index (κ1) is 24.2. The number of hydrogen-bond donors (Lipinski definition) is 2. The van der Waals surface area contributed by atoms with Crippen LogP contribution in [0.15, 0.2) is 36.8 Å². The maximum absolute atomic E-state index is 14.5. The second-order valence-electron chi connectivity index (χ2n) is 9.00. The lowest BCUT2D eigenvalue weighted by atomic mass is 9.91. The summed E-state index contributed by atoms with van der Waals surface area (Å²) < 4.78 is 34.5. The van der Waals surface area contributed by atoms with Gasteiger partial charge in [0.25, 0.3) is 5.92 Å². The Hall–Kier alpha value is -2.46. The second kappa shape index (κ2) is 9.20. The first-order chi connectivity index (χ1) is 16.6. The van der Waals surface area contributed by atoms with Crippen LogP contribution in [-0.2, 0) is 10.7 Å². The Balaban J connectivity index is 1.45. The summed E-state index contributed by atoms with van der Waals surface area (Å²) in [6.07, 6.45) is 2.71. The van der Waals surface area contributed by atoms with E-state index in [0.29, 0.717) is 45.2 Å². The van der Waals surface area contributed by atoms with Gasteiger partial charge in [0.05, 0.1) is 16.5 Å². The Morgan fingerprint density at radius 1 is 1.31 bits per heavy atom. The van der Waals surface area contributed by atoms with Crippen LogP contribution in [0.2, 0.25) is 5.02 Å². The zero-order valence-electron chi connectivity index (χ0n) is 18.8. The molecule has 0 spiro atoms. The van der Waals surface area contributed by atoms with E-state index in [1.807, 2.05) is 6.92 Å². The fraction of sp³-hybridized carbons (Fsp3) is 0.360. The number of ether oxygens (including phenoxy) is 1. The summed E-state index contributed by atoms with van der Waals surface area (Å²) in [7, 11) is 0. The molecule has 6 nitrogen and oxygen atoms in total. The molecule has 3 heterocycles. The normalized spacial score (nSPS) is 25.3. The molecule has 2 N–H and O–H groups in total. The molecule has 35 heavy (non-hydrogen) atoms. The molecule has 0 bridgehead atoms. The molecule has 4 atom stereocenters. The number of aliphatic hydroxyl groups excluding tert-OH is 1. The van der Waals surface area contributed by atoms with Crippen molar-refractivity contribution < 1.29 is 23.4 Å². The number of rotatable bonds is 5. The van der Waals surface area contributed by atoms with Gasteiger partial charge in [-0.15, -0.1) is 11.3 Å². The molecule has 0 amide bonds. The zero-order chi connectivity index (χ0) is 24.9. The molecule has 1 aliphatic carbocycles. The van der Waals surface area contributed by atoms with Gasteiger partial charge in [-0.3, -0.25) is 4.79 Å². The number of thiophene rings is 1. The summed E-state index contributed by atoms with van der Waals surface area (Å²) in [6, 6.07) is 5.88. The first-order valence-electron chi connectivity index (χ1n) is 11.2. The monoisotopic (exact) mass is 518 g/mol. The standard InChI is InChI=1S/C25H23ClF2N3O3S/c1-12-5-15(7-20(12)32)31-24-18(9-29-11-30-24)22(33)21-8-16(13(2)35-21)23-17-6-14(26)3-4-19(17)25(27,28)10-34-23/h3-4,6,8-9,11-12,15,20,23,32H,1,5,7,10H2,2H3,(H,29,30,31)/t12-,15-,20+,23-/m1/s1. The van der Waals surface area contributed by atoms with Crippen LogP contribution in [0, 0.1) is 19.8 Å². The van der Waals surface area contributed by atoms with Gasteiger partial charge in [-0.05, 0) is 61.9 Å². The molecule has 0 saturated heterocycles. The number of carbonyl (C=O) groups excluding carboxylic acids is 1. The molecule has 1 fully saturated rings. The summed E-state index contributed by atoms with van der Waals surface area (Å²) in [5.74, 6) is -3.11. The van der Waals surface area contributed by atoms with Crippen molar-refractivity contribution in [1.82, 2.24) is 9.97 Å². The molecule has 1 saturated carbocycles. The van der Waals surface area contributed by atoms with Crippen LogP contribution in [0.1, 0.15) is 55.7 Å². The highest BCUT2D eigenvalue weighted by atomic mass is 35.5. The molecule has 1 radical (unpaired) electrons. The summed E-state index contributed by atoms with van der Waals surface area (Å²) in [5, 5.41) is 13.6. The molecule has 3 aromatic rings. The minimum absolute atomic E-state index is 0.0619. The van der Waals surface area contributed by atoms with Gasteiger partial charge >= 0.3 is 0 Å². The SMILES string of the molecule is [CH2][C@@H]1C[C@@H](Nc2ncncc2C(=O)c2cc([C@H]3OCC(F)(F)c4ccc(Cl)cc43)c(C)s2)C[C@@H]1O. The number of alkyl halides is 2. The number of anilines is 1. The van der Waals surface area contributed by atoms with Crippen molar-refractivity contribution in [3.63, 3.8) is 0 Å². The number of ketones is 1. The third-order valence-corrected chi connectivity index (χ3v) is 7.84. The van der Waals surface area contributed by atoms with Crippen molar-refractivity contribution in [1.29, 1.82) is 0 Å². The van der Waals surface area contributed by atoms with E-state index >= 15 is 0 Å². The Kier molecular flexibility index (Phi) is 6.37. The van der Waals surface area contributed by atoms with E-state index in [2.05, 4.69) is 22.2 Å². The van der Waals surface area contributed by atoms with Gasteiger partial charge in [-0.2, -0.15) is 8.78 Å². The number of nitrogens with one attached hydrogen (secondary N) is 1. The average molecular weight is 519 g/mol. The fourth-order valence-corrected chi connectivity index (χ4v) is 5.91. The minimum atomic E-state index is -3.12. The van der Waals surface area contributed by atoms with Crippen LogP contribution in [0.25, 0.3) is 0 Å². The topological polar surface area (TPSA) is 84.3 Å². The molecule has 1 aromatic carbocycles. The summed E-state index contributed by atoms with van der Waals surface area (Å²) in [6.45, 7) is 5.02. The molecule has 10 heteroatoms. The number of carbonyl (C=O) groups is 1. The molecule has 1 aliphatic heterocycles. The lowest BCUT2D eigenvalue weighted by molar-refractivity contribution is -0.115. The number of benzene rings is 1. The third-order valence-electron chi connectivity index (χ3n) is 6.54. The molecule has 0 unspecified atom stereocenters. The van der Waals surface area contributed by atoms with Crippen LogP contribution >= 0.6 is 22.9 Å². The van der Waals surface area contributed by atoms with Gasteiger partial charge in [0.2, 0.25) is 5.78 Å². The number of nitrogens with zero attached hydrogens (tertiary/aromatic N) is 2. The predicted molar refractivity (Wildman–Crippen MR) is 129 cm³/mol. The molecule has 5 rings (SSSR count). The minimum Gasteiger partial charge on any atom is -0.393 e. The van der Waals surface area contributed by atoms with Gasteiger partial charge < -0.3 is 15.2 Å². The van der Waals surface area contributed by atoms with Crippen molar-refractivity contribution >= 4 is 34.5 Å². The lowest BCUT2D eigenvalue weighted by Gasteiger charge is -2.32. The number of aromatic nitrogens is 2. The number of halogens is 3. The molecular formula is C25H23ClF2N3O3S. The largest absolute Gasteiger partial charge is 0.393 e. The predicted octanol–water partition coefficient (Wildman–Crippen LogP) is 5.33. The van der Waals surface area contributed by atoms with Crippen molar-refractivity contribution in [2.75, 3.05) is 11.9 Å². The Morgan fingerprint density at radius 2 is 2.11 bits per heavy atom. The lowest BCUT2D eigenvalue weighted by Crippen LogP contribution is -2.31. The zero-order valence-corrected chi connectivity index (χ0v) is 20.4. The third kappa shape index (κ3) is 4.58. The Labute approximate surface area is 210 Å². The highest BCUT2D eigenvalue weighted by Crippen LogP contribution is 2.45. The number of aliphatic hydroxyl groups is 1. The van der Waals surface area contributed by atoms with E-state index in [9.17, 15) is 18.7 Å². The van der Waals surface area contributed by atoms with Crippen molar-refractivity contribution in [3.8, 4) is 0 Å². The number of fused-ring (bicyclic) bond motifs is 1. The van der Waals surface area contributed by atoms with E-state index in [1.165, 1.54) is 42.1 Å². The highest BCUT2D eigenvalue weighted by Gasteiger charge is 2.42. The fourth-order valence-electron chi connectivity index (χ4n) is 4.72. The van der Waals surface area contributed by atoms with Crippen LogP contribution in [0.5, 0.6) is 0 Å². The van der Waals surface area contributed by atoms with E-state index in [0.717, 1.165) is 4.88 Å². The summed E-state index contributed by atoms with van der Waals surface area (Å²) in [5.41, 5.74) is 1.10. The van der Waals surface area contributed by atoms with E-state index in [1.54, 1.807) is 6.07 Å². The van der Waals surface area contributed by atoms with Gasteiger partial charge in [-0.1, -0.05) is 17.7 Å². The highest BCUT2D eigenvalue weighted by molar-refractivity contribution is 7.14. The van der Waals surface area contributed by atoms with Gasteiger partial charge in [0.1, 0.15) is 24.9 Å². The summed E-state index contributed by atoms with van der Waals surface area (Å²) in [4.78, 5) is 22.9. The molecule has 2 aliphatic rings. The van der Waals surface area contributed by atoms with Crippen LogP contribution in [-0.4, -0.2) is 39.6 Å². The average Bonchev–Trinajstić information content (AvgIpc) is 3.34. The van der Waals surface area contributed by atoms with Crippen molar-refractivity contribution in [3.05, 3.63) is 80.7 Å². The van der Waals surface area contributed by atoms with E-state index in [-0.39, 0.29) is 23.3 Å². The van der Waals surface area contributed by atoms with Gasteiger partial charge in [0, 0.05) is 27.7 Å². The molecule has 183 valence electrons. The number of aryl methyl sites for hydroxylation is 1. The molecule has 2 aromatic heterocycles. The smallest absolute Gasteiger partial charge is 0.296 e. The first-order valence-corrected chi connectivity index (χ1v) is 12.4. The van der Waals surface area contributed by atoms with Gasteiger partial charge in [0.15, 0.2) is 0 Å². The van der Waals surface area contributed by atoms with E-state index < -0.39 is 24.7 Å². The molecular weight excluding hydrogens is 496 g/mol. The van der Waals surface area contributed by atoms with Crippen LogP contribution < -0.4 is 5.32 Å². The number of hydrogen-bond acceptors (Lipinski definition) is 7. The maximum atomic E-state index is 14.5. The maximum Gasteiger partial charge on any atom is 0.296 e. The van der Waals surface area contributed by atoms with Crippen LogP contribution in [0.4, 0.5) is 14.6 Å². The second-order valence-corrected chi connectivity index (χ2v) is 10.7. The Morgan fingerprint density at radius 3 is 2.86 bits per heavy atom. The van der Waals surface area contributed by atoms with E-state index in [4.69, 9.17) is 16.3 Å². The quantitative estimate of drug-likeness (QED) is 0.444. The van der Waals surface area contributed by atoms with Crippen LogP contribution in [0.3, 0.4) is 0 Å². The Bertz CT molecular complexity index is 1270.